The summed E-state index contributed by atoms with van der Waals surface area (Å²) in [6.45, 7) is 7.00. The van der Waals surface area contributed by atoms with Crippen molar-refractivity contribution in [1.82, 2.24) is 23.8 Å². The molecule has 3 aromatic rings. The zero-order chi connectivity index (χ0) is 23.0. The maximum absolute atomic E-state index is 13.6. The molecule has 0 radical (unpaired) electrons. The normalized spacial score (nSPS) is 20.6. The van der Waals surface area contributed by atoms with Crippen molar-refractivity contribution >= 4 is 38.8 Å². The second-order valence-corrected chi connectivity index (χ2v) is 10.00. The van der Waals surface area contributed by atoms with Crippen molar-refractivity contribution < 1.29 is 17.6 Å². The largest absolute Gasteiger partial charge is 0.326 e. The number of amides is 1. The van der Waals surface area contributed by atoms with Gasteiger partial charge in [-0.1, -0.05) is 0 Å². The fourth-order valence-corrected chi connectivity index (χ4v) is 5.59. The van der Waals surface area contributed by atoms with Gasteiger partial charge in [-0.3, -0.25) is 9.48 Å². The summed E-state index contributed by atoms with van der Waals surface area (Å²) in [5.74, 6) is -1.29. The van der Waals surface area contributed by atoms with Crippen LogP contribution < -0.4 is 10.0 Å². The van der Waals surface area contributed by atoms with E-state index in [0.717, 1.165) is 20.8 Å². The lowest BCUT2D eigenvalue weighted by molar-refractivity contribution is -0.120. The van der Waals surface area contributed by atoms with Crippen LogP contribution in [0.25, 0.3) is 15.3 Å². The lowest BCUT2D eigenvalue weighted by Crippen LogP contribution is -2.55. The van der Waals surface area contributed by atoms with Crippen LogP contribution in [0, 0.1) is 12.4 Å². The van der Waals surface area contributed by atoms with Gasteiger partial charge in [-0.2, -0.15) is 22.5 Å². The molecule has 0 bridgehead atoms. The minimum absolute atomic E-state index is 0.137. The number of hydrogen-bond acceptors (Lipinski definition) is 6. The number of hydrogen-bond donors (Lipinski definition) is 2. The molecule has 2 unspecified atom stereocenters. The zero-order valence-corrected chi connectivity index (χ0v) is 18.6. The Bertz CT molecular complexity index is 1330. The highest BCUT2D eigenvalue weighted by Gasteiger charge is 2.41. The topological polar surface area (TPSA) is 114 Å². The smallest absolute Gasteiger partial charge is 0.280 e. The second kappa shape index (κ2) is 8.40. The lowest BCUT2D eigenvalue weighted by atomic mass is 10.1. The third-order valence-electron chi connectivity index (χ3n) is 5.02. The number of carbonyl (C=O) groups is 1. The number of halogens is 1. The van der Waals surface area contributed by atoms with Crippen LogP contribution >= 0.6 is 11.3 Å². The summed E-state index contributed by atoms with van der Waals surface area (Å²) in [5.41, 5.74) is 0.822. The van der Waals surface area contributed by atoms with Crippen molar-refractivity contribution in [3.05, 3.63) is 59.0 Å². The van der Waals surface area contributed by atoms with E-state index in [1.165, 1.54) is 30.5 Å². The zero-order valence-electron chi connectivity index (χ0n) is 17.0. The quantitative estimate of drug-likeness (QED) is 0.563. The molecule has 1 amide bonds. The number of carbonyl (C=O) groups excluding carboxylic acids is 1. The van der Waals surface area contributed by atoms with Gasteiger partial charge in [0, 0.05) is 37.7 Å². The highest BCUT2D eigenvalue weighted by molar-refractivity contribution is 7.87. The van der Waals surface area contributed by atoms with Gasteiger partial charge in [-0.15, -0.1) is 11.3 Å². The van der Waals surface area contributed by atoms with Gasteiger partial charge in [-0.25, -0.2) is 14.2 Å². The molecule has 0 spiro atoms. The van der Waals surface area contributed by atoms with Crippen molar-refractivity contribution in [2.45, 2.75) is 18.5 Å². The van der Waals surface area contributed by atoms with Crippen LogP contribution in [0.2, 0.25) is 0 Å². The van der Waals surface area contributed by atoms with Crippen LogP contribution in [0.1, 0.15) is 17.5 Å². The first-order chi connectivity index (χ1) is 15.2. The molecule has 1 fully saturated rings. The Morgan fingerprint density at radius 2 is 2.16 bits per heavy atom. The molecule has 3 heterocycles. The van der Waals surface area contributed by atoms with Crippen molar-refractivity contribution in [3.63, 3.8) is 0 Å². The molecule has 4 rings (SSSR count). The molecular weight excluding hydrogens is 457 g/mol. The monoisotopic (exact) mass is 475 g/mol. The van der Waals surface area contributed by atoms with E-state index in [-0.39, 0.29) is 17.8 Å². The third-order valence-corrected chi connectivity index (χ3v) is 7.77. The van der Waals surface area contributed by atoms with E-state index in [1.807, 2.05) is 6.20 Å². The van der Waals surface area contributed by atoms with Crippen LogP contribution in [0.5, 0.6) is 0 Å². The summed E-state index contributed by atoms with van der Waals surface area (Å²) in [5, 5.41) is 7.22. The molecule has 32 heavy (non-hydrogen) atoms. The Morgan fingerprint density at radius 1 is 1.38 bits per heavy atom. The minimum Gasteiger partial charge on any atom is -0.326 e. The van der Waals surface area contributed by atoms with Crippen molar-refractivity contribution in [2.75, 3.05) is 12.4 Å². The molecule has 10 nitrogen and oxygen atoms in total. The van der Waals surface area contributed by atoms with Gasteiger partial charge >= 0.3 is 0 Å². The van der Waals surface area contributed by atoms with Gasteiger partial charge in [0.25, 0.3) is 10.2 Å². The van der Waals surface area contributed by atoms with Crippen LogP contribution in [-0.2, 0) is 22.1 Å². The SMILES string of the molecule is [C-]#[N+]c1cc(NC(=O)C2CC(c3ncc(-c4cnn(C)c4)s3)NS(=O)(=O)N2C)ccc1F. The van der Waals surface area contributed by atoms with E-state index >= 15 is 0 Å². The van der Waals surface area contributed by atoms with E-state index in [0.29, 0.717) is 5.01 Å². The summed E-state index contributed by atoms with van der Waals surface area (Å²) >= 11 is 1.32. The molecular formula is C19H18FN7O3S2. The highest BCUT2D eigenvalue weighted by Crippen LogP contribution is 2.34. The number of aryl methyl sites for hydroxylation is 1. The standard InChI is InChI=1S/C19H18FN7O3S2/c1-21-14-6-12(4-5-13(14)20)24-18(28)16-7-15(25-32(29,30)27(16)3)19-22-9-17(31-19)11-8-23-26(2)10-11/h4-6,8-10,15-16,25H,7H2,2-3H3,(H,24,28). The Kier molecular flexibility index (Phi) is 5.78. The first-order valence-electron chi connectivity index (χ1n) is 9.36. The van der Waals surface area contributed by atoms with Crippen LogP contribution in [0.15, 0.2) is 36.8 Å². The molecule has 2 N–H and O–H groups in total. The maximum Gasteiger partial charge on any atom is 0.280 e. The van der Waals surface area contributed by atoms with E-state index in [9.17, 15) is 17.6 Å². The maximum atomic E-state index is 13.6. The van der Waals surface area contributed by atoms with Gasteiger partial charge < -0.3 is 5.32 Å². The molecule has 0 saturated carbocycles. The van der Waals surface area contributed by atoms with Gasteiger partial charge in [0.15, 0.2) is 0 Å². The number of likely N-dealkylation sites (N-methyl/N-ethyl adjacent to an activating group) is 1. The fraction of sp³-hybridized carbons (Fsp3) is 0.263. The van der Waals surface area contributed by atoms with Crippen molar-refractivity contribution in [3.8, 4) is 10.4 Å². The van der Waals surface area contributed by atoms with Crippen LogP contribution in [0.4, 0.5) is 15.8 Å². The number of benzene rings is 1. The number of aromatic nitrogens is 3. The van der Waals surface area contributed by atoms with Gasteiger partial charge in [0.1, 0.15) is 16.9 Å². The average Bonchev–Trinajstić information content (AvgIpc) is 3.40. The highest BCUT2D eigenvalue weighted by atomic mass is 32.2. The third kappa shape index (κ3) is 4.26. The number of nitrogens with zero attached hydrogens (tertiary/aromatic N) is 5. The first kappa shape index (κ1) is 22.0. The molecule has 13 heteroatoms. The molecule has 1 aromatic carbocycles. The second-order valence-electron chi connectivity index (χ2n) is 7.18. The van der Waals surface area contributed by atoms with Crippen LogP contribution in [-0.4, -0.2) is 46.5 Å². The number of rotatable bonds is 4. The predicted molar refractivity (Wildman–Crippen MR) is 117 cm³/mol. The molecule has 1 saturated heterocycles. The van der Waals surface area contributed by atoms with E-state index in [4.69, 9.17) is 6.57 Å². The fourth-order valence-electron chi connectivity index (χ4n) is 3.31. The Balaban J connectivity index is 1.57. The Labute approximate surface area is 187 Å². The van der Waals surface area contributed by atoms with Gasteiger partial charge in [0.05, 0.1) is 23.7 Å². The number of anilines is 1. The molecule has 1 aliphatic heterocycles. The van der Waals surface area contributed by atoms with Gasteiger partial charge in [0.2, 0.25) is 11.6 Å². The molecule has 166 valence electrons. The summed E-state index contributed by atoms with van der Waals surface area (Å²) in [6, 6.07) is 1.86. The van der Waals surface area contributed by atoms with Crippen molar-refractivity contribution in [1.29, 1.82) is 0 Å². The van der Waals surface area contributed by atoms with E-state index < -0.39 is 34.0 Å². The summed E-state index contributed by atoms with van der Waals surface area (Å²) < 4.78 is 44.1. The van der Waals surface area contributed by atoms with Crippen molar-refractivity contribution in [2.24, 2.45) is 7.05 Å². The molecule has 2 atom stereocenters. The molecule has 0 aliphatic carbocycles. The van der Waals surface area contributed by atoms with E-state index in [2.05, 4.69) is 25.0 Å². The average molecular weight is 476 g/mol. The Morgan fingerprint density at radius 3 is 2.84 bits per heavy atom. The summed E-state index contributed by atoms with van der Waals surface area (Å²) in [6.07, 6.45) is 5.29. The summed E-state index contributed by atoms with van der Waals surface area (Å²) in [7, 11) is -0.852. The number of thiazole rings is 1. The molecule has 1 aliphatic rings. The Hall–Kier alpha value is -3.18. The minimum atomic E-state index is -3.95. The lowest BCUT2D eigenvalue weighted by Gasteiger charge is -2.35. The molecule has 2 aromatic heterocycles. The van der Waals surface area contributed by atoms with Gasteiger partial charge in [-0.05, 0) is 24.6 Å². The summed E-state index contributed by atoms with van der Waals surface area (Å²) in [4.78, 5) is 21.2. The van der Waals surface area contributed by atoms with E-state index in [1.54, 1.807) is 24.1 Å². The predicted octanol–water partition coefficient (Wildman–Crippen LogP) is 2.45. The van der Waals surface area contributed by atoms with Crippen LogP contribution in [0.3, 0.4) is 0 Å². The number of nitrogens with one attached hydrogen (secondary N) is 2. The first-order valence-corrected chi connectivity index (χ1v) is 11.6.